The fourth-order valence-corrected chi connectivity index (χ4v) is 7.08. The predicted octanol–water partition coefficient (Wildman–Crippen LogP) is 6.89. The van der Waals surface area contributed by atoms with Gasteiger partial charge in [0.15, 0.2) is 0 Å². The first kappa shape index (κ1) is 31.9. The molecule has 7 heteroatoms. The number of carbonyl (C=O) groups excluding carboxylic acids is 2. The highest BCUT2D eigenvalue weighted by Gasteiger charge is 2.45. The highest BCUT2D eigenvalue weighted by atomic mass is 35.5. The lowest BCUT2D eigenvalue weighted by atomic mass is 9.70. The van der Waals surface area contributed by atoms with Gasteiger partial charge in [-0.25, -0.2) is 4.39 Å². The number of piperidine rings is 1. The average Bonchev–Trinajstić information content (AvgIpc) is 3.22. The lowest BCUT2D eigenvalue weighted by Crippen LogP contribution is -2.48. The van der Waals surface area contributed by atoms with E-state index in [0.717, 1.165) is 38.8 Å². The van der Waals surface area contributed by atoms with Crippen molar-refractivity contribution in [2.24, 2.45) is 23.2 Å². The molecule has 1 aromatic rings. The van der Waals surface area contributed by atoms with Crippen molar-refractivity contribution in [1.29, 1.82) is 0 Å². The van der Waals surface area contributed by atoms with Crippen LogP contribution in [0.5, 0.6) is 0 Å². The fraction of sp³-hybridized carbons (Fsp3) is 0.750. The van der Waals surface area contributed by atoms with Crippen molar-refractivity contribution in [2.75, 3.05) is 26.2 Å². The van der Waals surface area contributed by atoms with E-state index in [2.05, 4.69) is 65.6 Å². The zero-order chi connectivity index (χ0) is 29.3. The second-order valence-electron chi connectivity index (χ2n) is 14.9. The smallest absolute Gasteiger partial charge is 0.227 e. The van der Waals surface area contributed by atoms with Gasteiger partial charge in [0, 0.05) is 55.1 Å². The molecule has 220 valence electrons. The zero-order valence-electron chi connectivity index (χ0n) is 25.7. The lowest BCUT2D eigenvalue weighted by molar-refractivity contribution is -0.137. The van der Waals surface area contributed by atoms with Crippen molar-refractivity contribution in [2.45, 2.75) is 105 Å². The average molecular weight is 564 g/mol. The normalized spacial score (nSPS) is 22.7. The molecule has 0 aromatic heterocycles. The summed E-state index contributed by atoms with van der Waals surface area (Å²) in [5.74, 6) is 0.308. The Bertz CT molecular complexity index is 1020. The molecule has 2 aliphatic rings. The molecular formula is C32H51ClFN3O2. The highest BCUT2D eigenvalue weighted by molar-refractivity contribution is 6.30. The third kappa shape index (κ3) is 8.66. The Morgan fingerprint density at radius 1 is 1.03 bits per heavy atom. The molecule has 0 bridgehead atoms. The lowest BCUT2D eigenvalue weighted by Gasteiger charge is -2.42. The standard InChI is InChI=1S/C32H51ClFN3O2/c1-21(38)35-32(8,9)18-23(17-30(2,3)4)22-12-14-36(15-13-22)29(39)27-20-37(31(5,6)7)19-26(27)25-11-10-24(33)16-28(25)34/h10-11,16,22-23,26-27H,12-15,17-20H2,1-9H3,(H,35,38)/t23?,26-,27+/m1/s1. The van der Waals surface area contributed by atoms with Crippen LogP contribution in [-0.4, -0.2) is 58.9 Å². The number of rotatable bonds is 7. The maximum absolute atomic E-state index is 15.0. The first-order chi connectivity index (χ1) is 17.9. The summed E-state index contributed by atoms with van der Waals surface area (Å²) >= 11 is 6.04. The molecule has 0 saturated carbocycles. The van der Waals surface area contributed by atoms with Gasteiger partial charge in [0.25, 0.3) is 0 Å². The van der Waals surface area contributed by atoms with Crippen LogP contribution >= 0.6 is 11.6 Å². The fourth-order valence-electron chi connectivity index (χ4n) is 6.92. The summed E-state index contributed by atoms with van der Waals surface area (Å²) in [6.07, 6.45) is 3.91. The van der Waals surface area contributed by atoms with Crippen LogP contribution in [0, 0.1) is 29.0 Å². The minimum atomic E-state index is -0.327. The molecule has 0 radical (unpaired) electrons. The summed E-state index contributed by atoms with van der Waals surface area (Å²) in [7, 11) is 0. The van der Waals surface area contributed by atoms with Gasteiger partial charge in [-0.15, -0.1) is 0 Å². The Morgan fingerprint density at radius 3 is 2.15 bits per heavy atom. The maximum atomic E-state index is 15.0. The van der Waals surface area contributed by atoms with Crippen LogP contribution in [0.3, 0.4) is 0 Å². The molecule has 2 heterocycles. The summed E-state index contributed by atoms with van der Waals surface area (Å²) in [4.78, 5) is 30.1. The first-order valence-electron chi connectivity index (χ1n) is 14.6. The maximum Gasteiger partial charge on any atom is 0.227 e. The van der Waals surface area contributed by atoms with E-state index in [9.17, 15) is 9.59 Å². The summed E-state index contributed by atoms with van der Waals surface area (Å²) in [5.41, 5.74) is 0.388. The number of halogens is 2. The highest BCUT2D eigenvalue weighted by Crippen LogP contribution is 2.41. The molecule has 2 fully saturated rings. The van der Waals surface area contributed by atoms with Gasteiger partial charge in [-0.05, 0) is 95.2 Å². The summed E-state index contributed by atoms with van der Waals surface area (Å²) in [6.45, 7) is 21.8. The van der Waals surface area contributed by atoms with Gasteiger partial charge in [-0.1, -0.05) is 38.4 Å². The second-order valence-corrected chi connectivity index (χ2v) is 15.3. The van der Waals surface area contributed by atoms with Crippen LogP contribution in [0.25, 0.3) is 0 Å². The van der Waals surface area contributed by atoms with E-state index in [1.165, 1.54) is 6.07 Å². The first-order valence-corrected chi connectivity index (χ1v) is 15.0. The van der Waals surface area contributed by atoms with E-state index in [1.54, 1.807) is 19.1 Å². The van der Waals surface area contributed by atoms with Crippen LogP contribution in [0.2, 0.25) is 5.02 Å². The van der Waals surface area contributed by atoms with E-state index in [-0.39, 0.29) is 46.0 Å². The monoisotopic (exact) mass is 563 g/mol. The Labute approximate surface area is 241 Å². The number of likely N-dealkylation sites (tertiary alicyclic amines) is 2. The number of hydrogen-bond donors (Lipinski definition) is 1. The minimum absolute atomic E-state index is 0.00228. The third-order valence-electron chi connectivity index (χ3n) is 8.63. The van der Waals surface area contributed by atoms with Gasteiger partial charge in [0.05, 0.1) is 5.92 Å². The number of hydrogen-bond acceptors (Lipinski definition) is 3. The number of benzene rings is 1. The van der Waals surface area contributed by atoms with E-state index in [1.807, 2.05) is 4.90 Å². The van der Waals surface area contributed by atoms with Gasteiger partial charge < -0.3 is 10.2 Å². The quantitative estimate of drug-likeness (QED) is 0.393. The molecule has 2 saturated heterocycles. The molecule has 1 unspecified atom stereocenters. The molecule has 1 N–H and O–H groups in total. The number of amides is 2. The molecule has 2 amide bonds. The Balaban J connectivity index is 1.75. The summed E-state index contributed by atoms with van der Waals surface area (Å²) < 4.78 is 15.0. The van der Waals surface area contributed by atoms with Gasteiger partial charge in [-0.3, -0.25) is 14.5 Å². The number of carbonyl (C=O) groups is 2. The van der Waals surface area contributed by atoms with Crippen molar-refractivity contribution in [3.8, 4) is 0 Å². The molecule has 39 heavy (non-hydrogen) atoms. The van der Waals surface area contributed by atoms with Gasteiger partial charge in [0.2, 0.25) is 11.8 Å². The minimum Gasteiger partial charge on any atom is -0.351 e. The topological polar surface area (TPSA) is 52.7 Å². The molecule has 3 atom stereocenters. The van der Waals surface area contributed by atoms with Crippen LogP contribution in [-0.2, 0) is 9.59 Å². The van der Waals surface area contributed by atoms with E-state index < -0.39 is 0 Å². The van der Waals surface area contributed by atoms with Crippen molar-refractivity contribution in [3.63, 3.8) is 0 Å². The van der Waals surface area contributed by atoms with Gasteiger partial charge in [-0.2, -0.15) is 0 Å². The van der Waals surface area contributed by atoms with E-state index >= 15 is 4.39 Å². The van der Waals surface area contributed by atoms with Crippen LogP contribution in [0.4, 0.5) is 4.39 Å². The molecule has 3 rings (SSSR count). The Morgan fingerprint density at radius 2 is 1.64 bits per heavy atom. The Hall–Kier alpha value is -1.66. The van der Waals surface area contributed by atoms with Crippen molar-refractivity contribution >= 4 is 23.4 Å². The predicted molar refractivity (Wildman–Crippen MR) is 158 cm³/mol. The zero-order valence-corrected chi connectivity index (χ0v) is 26.4. The summed E-state index contributed by atoms with van der Waals surface area (Å²) in [5, 5.41) is 3.51. The summed E-state index contributed by atoms with van der Waals surface area (Å²) in [6, 6.07) is 4.85. The van der Waals surface area contributed by atoms with Crippen molar-refractivity contribution in [1.82, 2.24) is 15.1 Å². The molecule has 1 aromatic carbocycles. The van der Waals surface area contributed by atoms with E-state index in [0.29, 0.717) is 35.5 Å². The van der Waals surface area contributed by atoms with Gasteiger partial charge >= 0.3 is 0 Å². The largest absolute Gasteiger partial charge is 0.351 e. The second kappa shape index (κ2) is 12.1. The third-order valence-corrected chi connectivity index (χ3v) is 8.86. The Kier molecular flexibility index (Phi) is 9.85. The van der Waals surface area contributed by atoms with Crippen LogP contribution < -0.4 is 5.32 Å². The van der Waals surface area contributed by atoms with Crippen LogP contribution in [0.1, 0.15) is 99.5 Å². The molecule has 0 spiro atoms. The van der Waals surface area contributed by atoms with Crippen LogP contribution in [0.15, 0.2) is 18.2 Å². The van der Waals surface area contributed by atoms with Crippen molar-refractivity contribution < 1.29 is 14.0 Å². The SMILES string of the molecule is CC(=O)NC(C)(C)CC(CC(C)(C)C)C1CCN(C(=O)[C@H]2CN(C(C)(C)C)C[C@@H]2c2ccc(Cl)cc2F)CC1. The number of nitrogens with one attached hydrogen (secondary N) is 1. The molecule has 0 aliphatic carbocycles. The molecule has 2 aliphatic heterocycles. The van der Waals surface area contributed by atoms with E-state index in [4.69, 9.17) is 11.6 Å². The molecular weight excluding hydrogens is 513 g/mol. The van der Waals surface area contributed by atoms with Crippen molar-refractivity contribution in [3.05, 3.63) is 34.6 Å². The molecule has 5 nitrogen and oxygen atoms in total. The number of nitrogens with zero attached hydrogens (tertiary/aromatic N) is 2. The van der Waals surface area contributed by atoms with Gasteiger partial charge in [0.1, 0.15) is 5.82 Å².